The van der Waals surface area contributed by atoms with Gasteiger partial charge in [-0.25, -0.2) is 4.79 Å². The average Bonchev–Trinajstić information content (AvgIpc) is 2.80. The molecule has 0 aromatic carbocycles. The van der Waals surface area contributed by atoms with Crippen molar-refractivity contribution >= 4 is 0 Å². The molecular formula is C25H33NO7. The van der Waals surface area contributed by atoms with Gasteiger partial charge < -0.3 is 29.6 Å². The second-order valence-corrected chi connectivity index (χ2v) is 9.96. The molecule has 0 amide bonds. The number of hydrogen-bond donors (Lipinski definition) is 4. The summed E-state index contributed by atoms with van der Waals surface area (Å²) in [7, 11) is 1.00. The van der Waals surface area contributed by atoms with Crippen LogP contribution in [0.15, 0.2) is 39.8 Å². The maximum Gasteiger partial charge on any atom is 0.345 e. The van der Waals surface area contributed by atoms with Crippen LogP contribution >= 0.6 is 0 Å². The average molecular weight is 460 g/mol. The fourth-order valence-electron chi connectivity index (χ4n) is 6.68. The zero-order chi connectivity index (χ0) is 24.1. The van der Waals surface area contributed by atoms with Crippen molar-refractivity contribution in [2.75, 3.05) is 7.11 Å². The van der Waals surface area contributed by atoms with Crippen molar-refractivity contribution in [2.24, 2.45) is 23.2 Å². The van der Waals surface area contributed by atoms with Gasteiger partial charge in [-0.1, -0.05) is 13.8 Å². The van der Waals surface area contributed by atoms with Crippen molar-refractivity contribution in [3.8, 4) is 17.1 Å². The Bertz CT molecular complexity index is 1060. The summed E-state index contributed by atoms with van der Waals surface area (Å²) in [5, 5.41) is 40.1. The maximum absolute atomic E-state index is 13.0. The van der Waals surface area contributed by atoms with Gasteiger partial charge >= 0.3 is 5.63 Å². The zero-order valence-corrected chi connectivity index (χ0v) is 19.4. The van der Waals surface area contributed by atoms with E-state index < -0.39 is 40.9 Å². The van der Waals surface area contributed by atoms with Gasteiger partial charge in [-0.2, -0.15) is 0 Å². The molecule has 8 atom stereocenters. The molecule has 2 saturated carbocycles. The molecule has 8 heteroatoms. The number of hydrogen-bond acceptors (Lipinski definition) is 8. The molecule has 2 fully saturated rings. The smallest absolute Gasteiger partial charge is 0.345 e. The van der Waals surface area contributed by atoms with E-state index in [0.717, 1.165) is 7.11 Å². The molecule has 8 unspecified atom stereocenters. The molecule has 33 heavy (non-hydrogen) atoms. The second kappa shape index (κ2) is 8.51. The van der Waals surface area contributed by atoms with Crippen LogP contribution in [-0.4, -0.2) is 50.3 Å². The molecule has 3 heterocycles. The van der Waals surface area contributed by atoms with E-state index in [9.17, 15) is 20.1 Å². The fourth-order valence-corrected chi connectivity index (χ4v) is 6.68. The first-order valence-electron chi connectivity index (χ1n) is 11.4. The van der Waals surface area contributed by atoms with Gasteiger partial charge in [0.2, 0.25) is 0 Å². The topological polar surface area (TPSA) is 133 Å². The Labute approximate surface area is 192 Å². The van der Waals surface area contributed by atoms with Crippen LogP contribution in [0.3, 0.4) is 0 Å². The summed E-state index contributed by atoms with van der Waals surface area (Å²) in [5.74, 6) is 0.0198. The molecule has 0 radical (unpaired) electrons. The third-order valence-electron chi connectivity index (χ3n) is 8.37. The highest BCUT2D eigenvalue weighted by atomic mass is 16.5. The lowest BCUT2D eigenvalue weighted by Gasteiger charge is -2.63. The van der Waals surface area contributed by atoms with Gasteiger partial charge in [-0.3, -0.25) is 4.98 Å². The maximum atomic E-state index is 13.0. The van der Waals surface area contributed by atoms with Crippen LogP contribution in [0.25, 0.3) is 11.3 Å². The van der Waals surface area contributed by atoms with Gasteiger partial charge in [-0.15, -0.1) is 0 Å². The molecule has 2 aromatic heterocycles. The van der Waals surface area contributed by atoms with E-state index in [0.29, 0.717) is 30.6 Å². The van der Waals surface area contributed by atoms with Crippen molar-refractivity contribution in [1.29, 1.82) is 0 Å². The number of pyridine rings is 1. The molecule has 1 aliphatic heterocycles. The van der Waals surface area contributed by atoms with E-state index in [1.54, 1.807) is 30.6 Å². The molecule has 2 aliphatic carbocycles. The number of aliphatic hydroxyl groups is 4. The van der Waals surface area contributed by atoms with Crippen LogP contribution in [0.4, 0.5) is 0 Å². The summed E-state index contributed by atoms with van der Waals surface area (Å²) >= 11 is 0. The minimum Gasteiger partial charge on any atom is -0.484 e. The number of fused-ring (bicyclic) bond motifs is 4. The number of aromatic nitrogens is 1. The molecule has 4 N–H and O–H groups in total. The summed E-state index contributed by atoms with van der Waals surface area (Å²) in [4.78, 5) is 17.0. The van der Waals surface area contributed by atoms with Crippen LogP contribution < -0.4 is 10.4 Å². The van der Waals surface area contributed by atoms with Gasteiger partial charge in [0.15, 0.2) is 0 Å². The Morgan fingerprint density at radius 2 is 1.91 bits per heavy atom. The molecule has 2 aromatic rings. The van der Waals surface area contributed by atoms with Crippen molar-refractivity contribution in [2.45, 2.75) is 63.9 Å². The largest absolute Gasteiger partial charge is 0.484 e. The third-order valence-corrected chi connectivity index (χ3v) is 8.37. The number of aliphatic hydroxyl groups excluding tert-OH is 4. The Kier molecular flexibility index (Phi) is 6.16. The van der Waals surface area contributed by atoms with Crippen molar-refractivity contribution in [3.05, 3.63) is 46.6 Å². The van der Waals surface area contributed by atoms with E-state index in [1.807, 2.05) is 13.8 Å². The normalized spacial score (nSPS) is 39.2. The van der Waals surface area contributed by atoms with Crippen molar-refractivity contribution in [1.82, 2.24) is 4.98 Å². The Hall–Kier alpha value is -2.26. The van der Waals surface area contributed by atoms with E-state index >= 15 is 0 Å². The molecule has 0 spiro atoms. The highest BCUT2D eigenvalue weighted by Crippen LogP contribution is 2.64. The second-order valence-electron chi connectivity index (χ2n) is 9.96. The zero-order valence-electron chi connectivity index (χ0n) is 19.4. The van der Waals surface area contributed by atoms with Crippen molar-refractivity contribution in [3.63, 3.8) is 0 Å². The van der Waals surface area contributed by atoms with Crippen LogP contribution in [0, 0.1) is 23.2 Å². The Morgan fingerprint density at radius 3 is 2.58 bits per heavy atom. The first kappa shape index (κ1) is 23.9. The lowest BCUT2D eigenvalue weighted by atomic mass is 9.46. The first-order chi connectivity index (χ1) is 15.7. The molecule has 3 aliphatic rings. The van der Waals surface area contributed by atoms with Gasteiger partial charge in [0, 0.05) is 37.1 Å². The van der Waals surface area contributed by atoms with Gasteiger partial charge in [0.1, 0.15) is 22.7 Å². The predicted molar refractivity (Wildman–Crippen MR) is 120 cm³/mol. The van der Waals surface area contributed by atoms with E-state index in [4.69, 9.17) is 14.3 Å². The van der Waals surface area contributed by atoms with Gasteiger partial charge in [0.25, 0.3) is 0 Å². The standard InChI is InChI=1S/C24H29NO6.CH4O/c1-12-14-9-18(27)24(3)21(23(14,2)7-6-15(12)26)20(28)19-17(31-24)10-16(30-22(19)29)13-5-4-8-25-11-13;1-2/h4-5,8,10-12,14-15,18,20-21,26-28H,6-7,9H2,1-3H3;2H,1H3. The van der Waals surface area contributed by atoms with E-state index in [1.165, 1.54) is 0 Å². The van der Waals surface area contributed by atoms with Crippen LogP contribution in [-0.2, 0) is 0 Å². The first-order valence-corrected chi connectivity index (χ1v) is 11.4. The minimum absolute atomic E-state index is 0.00540. The monoisotopic (exact) mass is 459 g/mol. The third kappa shape index (κ3) is 3.51. The molecule has 8 nitrogen and oxygen atoms in total. The minimum atomic E-state index is -1.14. The highest BCUT2D eigenvalue weighted by molar-refractivity contribution is 5.59. The quantitative estimate of drug-likeness (QED) is 0.511. The Morgan fingerprint density at radius 1 is 1.18 bits per heavy atom. The van der Waals surface area contributed by atoms with E-state index in [-0.39, 0.29) is 23.1 Å². The number of nitrogens with zero attached hydrogens (tertiary/aromatic N) is 1. The van der Waals surface area contributed by atoms with E-state index in [2.05, 4.69) is 11.9 Å². The Balaban J connectivity index is 0.00000126. The van der Waals surface area contributed by atoms with Crippen LogP contribution in [0.2, 0.25) is 0 Å². The summed E-state index contributed by atoms with van der Waals surface area (Å²) in [5.41, 5.74) is -1.39. The summed E-state index contributed by atoms with van der Waals surface area (Å²) in [6.07, 6.45) is 2.57. The number of ether oxygens (including phenoxy) is 1. The predicted octanol–water partition coefficient (Wildman–Crippen LogP) is 2.29. The summed E-state index contributed by atoms with van der Waals surface area (Å²) < 4.78 is 11.9. The lowest BCUT2D eigenvalue weighted by molar-refractivity contribution is -0.242. The number of rotatable bonds is 1. The molecular weight excluding hydrogens is 426 g/mol. The highest BCUT2D eigenvalue weighted by Gasteiger charge is 2.66. The molecule has 5 rings (SSSR count). The van der Waals surface area contributed by atoms with Crippen LogP contribution in [0.5, 0.6) is 5.75 Å². The fraction of sp³-hybridized carbons (Fsp3) is 0.600. The van der Waals surface area contributed by atoms with Gasteiger partial charge in [-0.05, 0) is 55.6 Å². The van der Waals surface area contributed by atoms with Crippen LogP contribution in [0.1, 0.15) is 51.7 Å². The summed E-state index contributed by atoms with van der Waals surface area (Å²) in [6, 6.07) is 5.12. The molecule has 180 valence electrons. The van der Waals surface area contributed by atoms with Crippen molar-refractivity contribution < 1.29 is 29.6 Å². The van der Waals surface area contributed by atoms with Gasteiger partial charge in [0.05, 0.1) is 18.3 Å². The SMILES string of the molecule is CC1C(O)CCC2(C)C1CC(O)C1(C)Oc3cc(-c4cccnc4)oc(=O)c3C(O)C21.CO. The lowest BCUT2D eigenvalue weighted by Crippen LogP contribution is -2.68. The molecule has 0 bridgehead atoms. The molecule has 0 saturated heterocycles. The summed E-state index contributed by atoms with van der Waals surface area (Å²) in [6.45, 7) is 5.92.